The van der Waals surface area contributed by atoms with Crippen LogP contribution in [0.5, 0.6) is 0 Å². The third-order valence-electron chi connectivity index (χ3n) is 2.37. The van der Waals surface area contributed by atoms with Gasteiger partial charge in [-0.05, 0) is 35.8 Å². The number of halogens is 1. The molecule has 18 heavy (non-hydrogen) atoms. The summed E-state index contributed by atoms with van der Waals surface area (Å²) in [5.74, 6) is 0.530. The van der Waals surface area contributed by atoms with Gasteiger partial charge in [0, 0.05) is 50.6 Å². The summed E-state index contributed by atoms with van der Waals surface area (Å²) in [5, 5.41) is 14.0. The summed E-state index contributed by atoms with van der Waals surface area (Å²) in [4.78, 5) is 10.4. The summed E-state index contributed by atoms with van der Waals surface area (Å²) in [7, 11) is -0.879. The van der Waals surface area contributed by atoms with Gasteiger partial charge in [0.15, 0.2) is 0 Å². The average molecular weight is 335 g/mol. The van der Waals surface area contributed by atoms with Crippen molar-refractivity contribution >= 4 is 38.1 Å². The minimum absolute atomic E-state index is 0.0352. The van der Waals surface area contributed by atoms with E-state index in [1.807, 2.05) is 6.92 Å². The summed E-state index contributed by atoms with van der Waals surface area (Å²) in [5.41, 5.74) is 1.45. The van der Waals surface area contributed by atoms with Gasteiger partial charge in [-0.25, -0.2) is 0 Å². The summed E-state index contributed by atoms with van der Waals surface area (Å²) in [6.45, 7) is 3.61. The van der Waals surface area contributed by atoms with Crippen LogP contribution in [0.1, 0.15) is 12.5 Å². The van der Waals surface area contributed by atoms with E-state index in [0.717, 1.165) is 5.69 Å². The summed E-state index contributed by atoms with van der Waals surface area (Å²) >= 11 is 3.30. The number of nitrogens with zero attached hydrogens (tertiary/aromatic N) is 1. The zero-order chi connectivity index (χ0) is 13.9. The normalized spacial score (nSPS) is 14.0. The van der Waals surface area contributed by atoms with Gasteiger partial charge in [0.1, 0.15) is 0 Å². The number of anilines is 1. The third kappa shape index (κ3) is 4.06. The van der Waals surface area contributed by atoms with Crippen LogP contribution in [0.2, 0.25) is 0 Å². The van der Waals surface area contributed by atoms with Crippen LogP contribution < -0.4 is 5.32 Å². The van der Waals surface area contributed by atoms with Gasteiger partial charge in [-0.3, -0.25) is 14.3 Å². The molecule has 7 heteroatoms. The third-order valence-corrected chi connectivity index (χ3v) is 3.99. The van der Waals surface area contributed by atoms with Crippen LogP contribution in [0.4, 0.5) is 11.4 Å². The van der Waals surface area contributed by atoms with E-state index in [1.165, 1.54) is 6.07 Å². The molecule has 2 atom stereocenters. The molecule has 0 aromatic heterocycles. The highest BCUT2D eigenvalue weighted by molar-refractivity contribution is 9.10. The molecular weight excluding hydrogens is 320 g/mol. The van der Waals surface area contributed by atoms with Crippen molar-refractivity contribution in [1.82, 2.24) is 0 Å². The van der Waals surface area contributed by atoms with E-state index in [2.05, 4.69) is 21.2 Å². The van der Waals surface area contributed by atoms with Gasteiger partial charge >= 0.3 is 0 Å². The Morgan fingerprint density at radius 2 is 2.17 bits per heavy atom. The lowest BCUT2D eigenvalue weighted by Crippen LogP contribution is -2.22. The maximum absolute atomic E-state index is 11.1. The van der Waals surface area contributed by atoms with Gasteiger partial charge in [0.25, 0.3) is 5.69 Å². The molecule has 0 radical (unpaired) electrons. The molecule has 0 heterocycles. The minimum Gasteiger partial charge on any atom is -0.381 e. The zero-order valence-corrected chi connectivity index (χ0v) is 12.8. The van der Waals surface area contributed by atoms with Crippen molar-refractivity contribution in [1.29, 1.82) is 0 Å². The Labute approximate surface area is 117 Å². The number of nitrogens with one attached hydrogen (secondary N) is 1. The van der Waals surface area contributed by atoms with Gasteiger partial charge in [0.2, 0.25) is 0 Å². The molecule has 0 spiro atoms. The predicted octanol–water partition coefficient (Wildman–Crippen LogP) is 2.84. The van der Waals surface area contributed by atoms with Gasteiger partial charge in [-0.2, -0.15) is 0 Å². The second kappa shape index (κ2) is 6.29. The number of hydrogen-bond acceptors (Lipinski definition) is 4. The molecule has 0 aliphatic rings. The first-order chi connectivity index (χ1) is 8.31. The highest BCUT2D eigenvalue weighted by Crippen LogP contribution is 2.30. The summed E-state index contributed by atoms with van der Waals surface area (Å²) in [6, 6.07) is 3.23. The molecule has 100 valence electrons. The fourth-order valence-electron chi connectivity index (χ4n) is 1.64. The van der Waals surface area contributed by atoms with Crippen LogP contribution in [0, 0.1) is 17.0 Å². The highest BCUT2D eigenvalue weighted by atomic mass is 79.9. The molecule has 0 bridgehead atoms. The lowest BCUT2D eigenvalue weighted by Gasteiger charge is -2.15. The van der Waals surface area contributed by atoms with Crippen LogP contribution in [0.3, 0.4) is 0 Å². The van der Waals surface area contributed by atoms with Crippen LogP contribution in [0.15, 0.2) is 16.6 Å². The first-order valence-electron chi connectivity index (χ1n) is 5.32. The van der Waals surface area contributed by atoms with Crippen molar-refractivity contribution in [3.63, 3.8) is 0 Å². The molecule has 0 amide bonds. The standard InChI is InChI=1S/C11H15BrN2O3S/c1-7-4-10(13-8(2)6-18(3)17)9(12)5-11(7)14(15)16/h4-5,8,13H,6H2,1-3H3/t8-,18-/m1/s1. The summed E-state index contributed by atoms with van der Waals surface area (Å²) in [6.07, 6.45) is 1.65. The quantitative estimate of drug-likeness (QED) is 0.663. The van der Waals surface area contributed by atoms with E-state index in [1.54, 1.807) is 19.2 Å². The molecule has 0 aliphatic heterocycles. The van der Waals surface area contributed by atoms with Gasteiger partial charge in [-0.1, -0.05) is 0 Å². The largest absolute Gasteiger partial charge is 0.381 e. The molecular formula is C11H15BrN2O3S. The summed E-state index contributed by atoms with van der Waals surface area (Å²) < 4.78 is 11.7. The molecule has 1 rings (SSSR count). The van der Waals surface area contributed by atoms with Gasteiger partial charge in [0.05, 0.1) is 4.92 Å². The Kier molecular flexibility index (Phi) is 5.28. The first-order valence-corrected chi connectivity index (χ1v) is 7.84. The Morgan fingerprint density at radius 3 is 2.67 bits per heavy atom. The van der Waals surface area contributed by atoms with Crippen molar-refractivity contribution in [3.8, 4) is 0 Å². The molecule has 1 N–H and O–H groups in total. The van der Waals surface area contributed by atoms with Crippen LogP contribution in [-0.4, -0.2) is 27.2 Å². The average Bonchev–Trinajstić information content (AvgIpc) is 2.21. The fourth-order valence-corrected chi connectivity index (χ4v) is 2.87. The zero-order valence-electron chi connectivity index (χ0n) is 10.4. The second-order valence-electron chi connectivity index (χ2n) is 4.16. The van der Waals surface area contributed by atoms with Crippen LogP contribution >= 0.6 is 15.9 Å². The Hall–Kier alpha value is -0.950. The predicted molar refractivity (Wildman–Crippen MR) is 77.6 cm³/mol. The first kappa shape index (κ1) is 15.1. The lowest BCUT2D eigenvalue weighted by atomic mass is 10.1. The maximum Gasteiger partial charge on any atom is 0.273 e. The monoisotopic (exact) mass is 334 g/mol. The van der Waals surface area contributed by atoms with Crippen molar-refractivity contribution in [2.45, 2.75) is 19.9 Å². The molecule has 0 fully saturated rings. The van der Waals surface area contributed by atoms with Crippen molar-refractivity contribution in [2.24, 2.45) is 0 Å². The molecule has 0 saturated heterocycles. The van der Waals surface area contributed by atoms with E-state index in [4.69, 9.17) is 0 Å². The Bertz CT molecular complexity index is 493. The van der Waals surface area contributed by atoms with E-state index < -0.39 is 15.7 Å². The Morgan fingerprint density at radius 1 is 1.56 bits per heavy atom. The molecule has 5 nitrogen and oxygen atoms in total. The van der Waals surface area contributed by atoms with E-state index >= 15 is 0 Å². The minimum atomic E-state index is -0.879. The highest BCUT2D eigenvalue weighted by Gasteiger charge is 2.15. The molecule has 0 aliphatic carbocycles. The molecule has 1 aromatic rings. The maximum atomic E-state index is 11.1. The number of rotatable bonds is 5. The van der Waals surface area contributed by atoms with Crippen LogP contribution in [-0.2, 0) is 10.8 Å². The van der Waals surface area contributed by atoms with Crippen molar-refractivity contribution in [2.75, 3.05) is 17.3 Å². The smallest absolute Gasteiger partial charge is 0.273 e. The van der Waals surface area contributed by atoms with Gasteiger partial charge < -0.3 is 5.32 Å². The van der Waals surface area contributed by atoms with E-state index in [0.29, 0.717) is 15.8 Å². The van der Waals surface area contributed by atoms with Crippen molar-refractivity contribution < 1.29 is 9.13 Å². The van der Waals surface area contributed by atoms with E-state index in [-0.39, 0.29) is 11.7 Å². The lowest BCUT2D eigenvalue weighted by molar-refractivity contribution is -0.385. The SMILES string of the molecule is Cc1cc(N[C@H](C)C[S@@](C)=O)c(Br)cc1[N+](=O)[O-]. The molecule has 1 aromatic carbocycles. The topological polar surface area (TPSA) is 72.2 Å². The fraction of sp³-hybridized carbons (Fsp3) is 0.455. The van der Waals surface area contributed by atoms with Gasteiger partial charge in [-0.15, -0.1) is 0 Å². The number of nitro groups is 1. The Balaban J connectivity index is 2.94. The van der Waals surface area contributed by atoms with Crippen molar-refractivity contribution in [3.05, 3.63) is 32.3 Å². The van der Waals surface area contributed by atoms with E-state index in [9.17, 15) is 14.3 Å². The molecule has 0 unspecified atom stereocenters. The number of aryl methyl sites for hydroxylation is 1. The number of hydrogen-bond donors (Lipinski definition) is 1. The number of nitro benzene ring substituents is 1. The number of benzene rings is 1. The molecule has 0 saturated carbocycles. The second-order valence-corrected chi connectivity index (χ2v) is 6.49. The van der Waals surface area contributed by atoms with Crippen LogP contribution in [0.25, 0.3) is 0 Å².